The Hall–Kier alpha value is -6.14. The highest BCUT2D eigenvalue weighted by Crippen LogP contribution is 2.47. The molecule has 6 aromatic rings. The minimum Gasteiger partial charge on any atom is -0.479 e. The van der Waals surface area contributed by atoms with E-state index < -0.39 is 24.6 Å². The van der Waals surface area contributed by atoms with Gasteiger partial charge in [-0.05, 0) is 98.7 Å². The number of fused-ring (bicyclic) bond motifs is 1. The summed E-state index contributed by atoms with van der Waals surface area (Å²) in [6.07, 6.45) is 9.30. The number of piperidine rings is 2. The van der Waals surface area contributed by atoms with Gasteiger partial charge in [0.25, 0.3) is 5.91 Å². The highest BCUT2D eigenvalue weighted by Gasteiger charge is 2.37. The number of carboxylic acid groups (broad SMARTS) is 2. The molecule has 9 rings (SSSR count). The lowest BCUT2D eigenvalue weighted by Gasteiger charge is -2.45. The van der Waals surface area contributed by atoms with Crippen LogP contribution in [0.3, 0.4) is 0 Å². The molecule has 3 aliphatic heterocycles. The number of aromatic carboxylic acids is 1. The van der Waals surface area contributed by atoms with Gasteiger partial charge in [0.1, 0.15) is 28.9 Å². The molecular formula is C49H48ClN7O8S2. The first kappa shape index (κ1) is 46.0. The van der Waals surface area contributed by atoms with Gasteiger partial charge in [-0.3, -0.25) is 14.7 Å². The SMILES string of the molecule is CC1(C)CC(Nc2cccc(-c3sc(C(=O)O)c(OCC(=O)O)c3Cl)c2)CCN1SCc1ncc2ncc(N3CCC(c4ccc5c6c(cccc46)C(=O)N5C(C=O)CCC=O)CC3)cc2n1. The molecule has 67 heavy (non-hydrogen) atoms. The molecule has 3 aromatic carbocycles. The summed E-state index contributed by atoms with van der Waals surface area (Å²) in [5.74, 6) is -1.21. The summed E-state index contributed by atoms with van der Waals surface area (Å²) < 4.78 is 7.67. The number of hydrogen-bond acceptors (Lipinski definition) is 14. The van der Waals surface area contributed by atoms with Crippen LogP contribution in [0.15, 0.2) is 73.1 Å². The third kappa shape index (κ3) is 9.29. The van der Waals surface area contributed by atoms with E-state index in [0.717, 1.165) is 114 Å². The Morgan fingerprint density at radius 2 is 1.82 bits per heavy atom. The second-order valence-electron chi connectivity index (χ2n) is 17.7. The molecule has 0 saturated carbocycles. The van der Waals surface area contributed by atoms with Crippen LogP contribution in [-0.2, 0) is 20.1 Å². The fraction of sp³-hybridized carbons (Fsp3) is 0.347. The van der Waals surface area contributed by atoms with E-state index in [0.29, 0.717) is 21.8 Å². The molecule has 18 heteroatoms. The number of anilines is 3. The summed E-state index contributed by atoms with van der Waals surface area (Å²) in [5.41, 5.74) is 6.47. The number of pyridine rings is 1. The van der Waals surface area contributed by atoms with E-state index >= 15 is 0 Å². The molecule has 0 aliphatic carbocycles. The first-order valence-corrected chi connectivity index (χ1v) is 24.3. The molecule has 346 valence electrons. The second kappa shape index (κ2) is 19.2. The number of benzene rings is 3. The minimum atomic E-state index is -1.25. The number of aldehydes is 2. The van der Waals surface area contributed by atoms with Gasteiger partial charge in [0.05, 0.1) is 46.0 Å². The molecular weight excluding hydrogens is 914 g/mol. The Bertz CT molecular complexity index is 2920. The highest BCUT2D eigenvalue weighted by molar-refractivity contribution is 7.96. The van der Waals surface area contributed by atoms with Crippen LogP contribution >= 0.6 is 34.9 Å². The van der Waals surface area contributed by atoms with Crippen LogP contribution in [0.25, 0.3) is 32.2 Å². The zero-order valence-corrected chi connectivity index (χ0v) is 39.2. The quantitative estimate of drug-likeness (QED) is 0.0578. The number of nitrogens with zero attached hydrogens (tertiary/aromatic N) is 6. The van der Waals surface area contributed by atoms with Crippen LogP contribution in [0, 0.1) is 0 Å². The standard InChI is InChI=1S/C49H48ClN7O8S2/c1-49(2)22-31(53-30-7-3-6-29(20-30)45-43(50)44(65-26-41(60)61)46(67-45)48(63)64)15-18-56(49)66-27-40-52-24-38-37(54-40)21-33(23-51-38)55-16-13-28(14-17-55)34-11-12-39-42-35(34)9-4-10-36(42)47(62)57(39)32(25-59)8-5-19-58/h3-4,6-7,9-12,19-21,23-25,28,31-32,53H,5,8,13-18,22,26-27H2,1-2H3,(H,60,61)(H,63,64). The number of carboxylic acids is 2. The minimum absolute atomic E-state index is 0.0672. The lowest BCUT2D eigenvalue weighted by atomic mass is 9.85. The summed E-state index contributed by atoms with van der Waals surface area (Å²) in [6.45, 7) is 6.23. The Balaban J connectivity index is 0.815. The van der Waals surface area contributed by atoms with Crippen molar-refractivity contribution in [1.82, 2.24) is 19.3 Å². The molecule has 3 aliphatic rings. The van der Waals surface area contributed by atoms with Gasteiger partial charge in [0.15, 0.2) is 17.2 Å². The number of nitrogens with one attached hydrogen (secondary N) is 1. The number of carbonyl (C=O) groups excluding carboxylic acids is 3. The zero-order valence-electron chi connectivity index (χ0n) is 36.8. The molecule has 2 saturated heterocycles. The lowest BCUT2D eigenvalue weighted by molar-refractivity contribution is -0.139. The van der Waals surface area contributed by atoms with Crippen LogP contribution < -0.4 is 19.9 Å². The Morgan fingerprint density at radius 3 is 2.57 bits per heavy atom. The van der Waals surface area contributed by atoms with E-state index in [1.54, 1.807) is 23.0 Å². The predicted octanol–water partition coefficient (Wildman–Crippen LogP) is 9.12. The van der Waals surface area contributed by atoms with E-state index in [-0.39, 0.29) is 51.9 Å². The van der Waals surface area contributed by atoms with Gasteiger partial charge in [-0.15, -0.1) is 11.3 Å². The van der Waals surface area contributed by atoms with Crippen molar-refractivity contribution < 1.29 is 38.9 Å². The number of carbonyl (C=O) groups is 5. The Kier molecular flexibility index (Phi) is 13.2. The molecule has 2 atom stereocenters. The van der Waals surface area contributed by atoms with E-state index in [9.17, 15) is 29.1 Å². The van der Waals surface area contributed by atoms with Gasteiger partial charge >= 0.3 is 11.9 Å². The molecule has 3 N–H and O–H groups in total. The summed E-state index contributed by atoms with van der Waals surface area (Å²) in [5, 5.41) is 24.5. The monoisotopic (exact) mass is 961 g/mol. The van der Waals surface area contributed by atoms with Gasteiger partial charge < -0.3 is 34.8 Å². The number of aromatic nitrogens is 3. The van der Waals surface area contributed by atoms with Crippen molar-refractivity contribution in [3.63, 3.8) is 0 Å². The van der Waals surface area contributed by atoms with Crippen molar-refractivity contribution in [3.8, 4) is 16.2 Å². The molecule has 1 amide bonds. The fourth-order valence-corrected chi connectivity index (χ4v) is 12.2. The van der Waals surface area contributed by atoms with E-state index in [1.807, 2.05) is 48.7 Å². The number of aliphatic carboxylic acids is 1. The number of halogens is 1. The lowest BCUT2D eigenvalue weighted by Crippen LogP contribution is -2.49. The average Bonchev–Trinajstić information content (AvgIpc) is 3.81. The molecule has 2 fully saturated rings. The molecule has 0 radical (unpaired) electrons. The fourth-order valence-electron chi connectivity index (χ4n) is 9.70. The van der Waals surface area contributed by atoms with Gasteiger partial charge in [-0.2, -0.15) is 0 Å². The summed E-state index contributed by atoms with van der Waals surface area (Å²) >= 11 is 9.23. The highest BCUT2D eigenvalue weighted by atomic mass is 35.5. The zero-order chi connectivity index (χ0) is 47.0. The van der Waals surface area contributed by atoms with E-state index in [4.69, 9.17) is 31.4 Å². The summed E-state index contributed by atoms with van der Waals surface area (Å²) in [6, 6.07) is 19.0. The first-order valence-electron chi connectivity index (χ1n) is 22.2. The smallest absolute Gasteiger partial charge is 0.349 e. The number of amides is 1. The van der Waals surface area contributed by atoms with Crippen molar-refractivity contribution >= 4 is 104 Å². The number of rotatable bonds is 17. The maximum absolute atomic E-state index is 13.6. The Morgan fingerprint density at radius 1 is 1.01 bits per heavy atom. The topological polar surface area (TPSA) is 195 Å². The van der Waals surface area contributed by atoms with Gasteiger partial charge in [0.2, 0.25) is 0 Å². The third-order valence-corrected chi connectivity index (χ3v) is 15.9. The molecule has 3 aromatic heterocycles. The molecule has 0 spiro atoms. The normalized spacial score (nSPS) is 17.8. The maximum atomic E-state index is 13.6. The predicted molar refractivity (Wildman–Crippen MR) is 261 cm³/mol. The van der Waals surface area contributed by atoms with E-state index in [2.05, 4.69) is 51.6 Å². The third-order valence-electron chi connectivity index (χ3n) is 12.9. The average molecular weight is 963 g/mol. The number of thiophene rings is 1. The molecule has 0 bridgehead atoms. The van der Waals surface area contributed by atoms with Gasteiger partial charge in [-0.25, -0.2) is 23.9 Å². The summed E-state index contributed by atoms with van der Waals surface area (Å²) in [4.78, 5) is 78.4. The van der Waals surface area contributed by atoms with Crippen molar-refractivity contribution in [2.75, 3.05) is 41.4 Å². The summed E-state index contributed by atoms with van der Waals surface area (Å²) in [7, 11) is 0. The van der Waals surface area contributed by atoms with Crippen LogP contribution in [0.5, 0.6) is 5.75 Å². The number of ether oxygens (including phenoxy) is 1. The molecule has 15 nitrogen and oxygen atoms in total. The van der Waals surface area contributed by atoms with Gasteiger partial charge in [-0.1, -0.05) is 53.9 Å². The first-order chi connectivity index (χ1) is 32.3. The Labute approximate surface area is 399 Å². The largest absolute Gasteiger partial charge is 0.479 e. The second-order valence-corrected chi connectivity index (χ2v) is 20.1. The van der Waals surface area contributed by atoms with Crippen molar-refractivity contribution in [1.29, 1.82) is 0 Å². The van der Waals surface area contributed by atoms with Crippen LogP contribution in [0.2, 0.25) is 5.02 Å². The van der Waals surface area contributed by atoms with Crippen LogP contribution in [0.4, 0.5) is 17.1 Å². The van der Waals surface area contributed by atoms with Crippen molar-refractivity contribution in [2.24, 2.45) is 0 Å². The van der Waals surface area contributed by atoms with Gasteiger partial charge in [0, 0.05) is 54.3 Å². The van der Waals surface area contributed by atoms with Crippen LogP contribution in [0.1, 0.15) is 89.7 Å². The van der Waals surface area contributed by atoms with Crippen molar-refractivity contribution in [3.05, 3.63) is 99.9 Å². The van der Waals surface area contributed by atoms with Crippen molar-refractivity contribution in [2.45, 2.75) is 81.7 Å². The van der Waals surface area contributed by atoms with Crippen LogP contribution in [-0.4, -0.2) is 104 Å². The molecule has 6 heterocycles. The number of hydrogen-bond donors (Lipinski definition) is 3. The van der Waals surface area contributed by atoms with E-state index in [1.165, 1.54) is 5.56 Å². The maximum Gasteiger partial charge on any atom is 0.349 e. The molecule has 2 unspecified atom stereocenters.